The molecule has 2 rings (SSSR count). The Morgan fingerprint density at radius 1 is 1.44 bits per heavy atom. The fraction of sp³-hybridized carbons (Fsp3) is 0.500. The molecule has 18 heavy (non-hydrogen) atoms. The average molecular weight is 265 g/mol. The molecule has 0 radical (unpaired) electrons. The van der Waals surface area contributed by atoms with Gasteiger partial charge < -0.3 is 10.4 Å². The van der Waals surface area contributed by atoms with Crippen molar-refractivity contribution >= 4 is 17.7 Å². The SMILES string of the molecule is CNC1(C(=O)O)CCCC(Sc2ccccc2)C1. The first-order chi connectivity index (χ1) is 8.66. The van der Waals surface area contributed by atoms with Gasteiger partial charge in [-0.15, -0.1) is 11.8 Å². The topological polar surface area (TPSA) is 49.3 Å². The van der Waals surface area contributed by atoms with E-state index in [-0.39, 0.29) is 0 Å². The first-order valence-corrected chi connectivity index (χ1v) is 7.18. The molecule has 2 unspecified atom stereocenters. The van der Waals surface area contributed by atoms with Crippen molar-refractivity contribution in [3.8, 4) is 0 Å². The number of likely N-dealkylation sites (N-methyl/N-ethyl adjacent to an activating group) is 1. The lowest BCUT2D eigenvalue weighted by molar-refractivity contribution is -0.146. The van der Waals surface area contributed by atoms with Crippen LogP contribution < -0.4 is 5.32 Å². The zero-order valence-electron chi connectivity index (χ0n) is 10.6. The van der Waals surface area contributed by atoms with Crippen molar-refractivity contribution in [2.45, 2.75) is 41.4 Å². The summed E-state index contributed by atoms with van der Waals surface area (Å²) in [6.45, 7) is 0. The number of nitrogens with one attached hydrogen (secondary N) is 1. The van der Waals surface area contributed by atoms with Gasteiger partial charge in [0.1, 0.15) is 5.54 Å². The minimum absolute atomic E-state index is 0.379. The van der Waals surface area contributed by atoms with Crippen LogP contribution in [0.4, 0.5) is 0 Å². The number of rotatable bonds is 4. The molecular formula is C14H19NO2S. The van der Waals surface area contributed by atoms with E-state index in [4.69, 9.17) is 0 Å². The van der Waals surface area contributed by atoms with Gasteiger partial charge in [0.05, 0.1) is 0 Å². The fourth-order valence-electron chi connectivity index (χ4n) is 2.54. The van der Waals surface area contributed by atoms with Gasteiger partial charge in [0.25, 0.3) is 0 Å². The third-order valence-electron chi connectivity index (χ3n) is 3.64. The molecule has 2 atom stereocenters. The van der Waals surface area contributed by atoms with Crippen molar-refractivity contribution in [3.63, 3.8) is 0 Å². The molecule has 1 aliphatic carbocycles. The van der Waals surface area contributed by atoms with Gasteiger partial charge in [-0.05, 0) is 44.9 Å². The van der Waals surface area contributed by atoms with E-state index >= 15 is 0 Å². The third-order valence-corrected chi connectivity index (χ3v) is 4.92. The molecule has 0 heterocycles. The summed E-state index contributed by atoms with van der Waals surface area (Å²) in [5.41, 5.74) is -0.731. The maximum atomic E-state index is 11.4. The van der Waals surface area contributed by atoms with Crippen LogP contribution in [0.25, 0.3) is 0 Å². The first-order valence-electron chi connectivity index (χ1n) is 6.30. The number of hydrogen-bond donors (Lipinski definition) is 2. The molecule has 3 nitrogen and oxygen atoms in total. The zero-order chi connectivity index (χ0) is 13.0. The first kappa shape index (κ1) is 13.4. The van der Waals surface area contributed by atoms with E-state index in [2.05, 4.69) is 17.4 Å². The Morgan fingerprint density at radius 2 is 2.17 bits per heavy atom. The second-order valence-corrected chi connectivity index (χ2v) is 6.16. The maximum Gasteiger partial charge on any atom is 0.323 e. The predicted octanol–water partition coefficient (Wildman–Crippen LogP) is 2.76. The molecule has 1 aromatic carbocycles. The Balaban J connectivity index is 2.05. The highest BCUT2D eigenvalue weighted by Crippen LogP contribution is 2.38. The summed E-state index contributed by atoms with van der Waals surface area (Å²) < 4.78 is 0. The van der Waals surface area contributed by atoms with E-state index < -0.39 is 11.5 Å². The van der Waals surface area contributed by atoms with E-state index in [1.54, 1.807) is 18.8 Å². The summed E-state index contributed by atoms with van der Waals surface area (Å²) in [5.74, 6) is -0.719. The number of hydrogen-bond acceptors (Lipinski definition) is 3. The highest BCUT2D eigenvalue weighted by atomic mass is 32.2. The zero-order valence-corrected chi connectivity index (χ0v) is 11.4. The van der Waals surface area contributed by atoms with Crippen LogP contribution in [0.3, 0.4) is 0 Å². The fourth-order valence-corrected chi connectivity index (χ4v) is 3.90. The van der Waals surface area contributed by atoms with E-state index in [1.165, 1.54) is 4.90 Å². The van der Waals surface area contributed by atoms with Crippen molar-refractivity contribution in [2.24, 2.45) is 0 Å². The third kappa shape index (κ3) is 2.87. The Hall–Kier alpha value is -1.00. The number of carbonyl (C=O) groups is 1. The molecule has 2 N–H and O–H groups in total. The summed E-state index contributed by atoms with van der Waals surface area (Å²) in [6, 6.07) is 10.2. The minimum atomic E-state index is -0.731. The molecule has 98 valence electrons. The molecule has 4 heteroatoms. The second-order valence-electron chi connectivity index (χ2n) is 4.79. The molecule has 0 aromatic heterocycles. The molecule has 0 aliphatic heterocycles. The normalized spacial score (nSPS) is 27.9. The maximum absolute atomic E-state index is 11.4. The van der Waals surface area contributed by atoms with Gasteiger partial charge in [-0.3, -0.25) is 4.79 Å². The Bertz CT molecular complexity index is 410. The number of benzene rings is 1. The van der Waals surface area contributed by atoms with Crippen LogP contribution >= 0.6 is 11.8 Å². The summed E-state index contributed by atoms with van der Waals surface area (Å²) in [5, 5.41) is 12.8. The van der Waals surface area contributed by atoms with Gasteiger partial charge in [0.2, 0.25) is 0 Å². The van der Waals surface area contributed by atoms with Crippen LogP contribution in [-0.2, 0) is 4.79 Å². The van der Waals surface area contributed by atoms with E-state index in [9.17, 15) is 9.90 Å². The summed E-state index contributed by atoms with van der Waals surface area (Å²) in [4.78, 5) is 12.7. The van der Waals surface area contributed by atoms with Gasteiger partial charge in [-0.25, -0.2) is 0 Å². The predicted molar refractivity (Wildman–Crippen MR) is 74.0 cm³/mol. The number of carboxylic acids is 1. The molecule has 1 aromatic rings. The lowest BCUT2D eigenvalue weighted by Gasteiger charge is -2.37. The average Bonchev–Trinajstić information content (AvgIpc) is 2.40. The van der Waals surface area contributed by atoms with E-state index in [1.807, 2.05) is 18.2 Å². The van der Waals surface area contributed by atoms with Gasteiger partial charge in [-0.1, -0.05) is 18.2 Å². The Kier molecular flexibility index (Phi) is 4.30. The molecule has 1 aliphatic rings. The molecule has 0 bridgehead atoms. The van der Waals surface area contributed by atoms with Gasteiger partial charge in [0, 0.05) is 10.1 Å². The summed E-state index contributed by atoms with van der Waals surface area (Å²) in [6.07, 6.45) is 3.48. The number of aliphatic carboxylic acids is 1. The van der Waals surface area contributed by atoms with Crippen LogP contribution in [-0.4, -0.2) is 28.9 Å². The smallest absolute Gasteiger partial charge is 0.323 e. The van der Waals surface area contributed by atoms with Crippen LogP contribution in [0.5, 0.6) is 0 Å². The summed E-state index contributed by atoms with van der Waals surface area (Å²) >= 11 is 1.80. The highest BCUT2D eigenvalue weighted by molar-refractivity contribution is 8.00. The monoisotopic (exact) mass is 265 g/mol. The molecule has 1 saturated carbocycles. The van der Waals surface area contributed by atoms with Crippen molar-refractivity contribution in [1.29, 1.82) is 0 Å². The van der Waals surface area contributed by atoms with Crippen LogP contribution in [0.1, 0.15) is 25.7 Å². The van der Waals surface area contributed by atoms with Crippen molar-refractivity contribution in [1.82, 2.24) is 5.32 Å². The molecule has 1 fully saturated rings. The van der Waals surface area contributed by atoms with Gasteiger partial charge in [0.15, 0.2) is 0 Å². The standard InChI is InChI=1S/C14H19NO2S/c1-15-14(13(16)17)9-5-8-12(10-14)18-11-6-3-2-4-7-11/h2-4,6-7,12,15H,5,8-10H2,1H3,(H,16,17). The van der Waals surface area contributed by atoms with Crippen LogP contribution in [0.2, 0.25) is 0 Å². The lowest BCUT2D eigenvalue weighted by Crippen LogP contribution is -2.53. The molecular weight excluding hydrogens is 246 g/mol. The van der Waals surface area contributed by atoms with E-state index in [0.717, 1.165) is 19.3 Å². The summed E-state index contributed by atoms with van der Waals surface area (Å²) in [7, 11) is 1.75. The van der Waals surface area contributed by atoms with Crippen molar-refractivity contribution in [3.05, 3.63) is 30.3 Å². The largest absolute Gasteiger partial charge is 0.480 e. The van der Waals surface area contributed by atoms with Crippen LogP contribution in [0.15, 0.2) is 35.2 Å². The van der Waals surface area contributed by atoms with Gasteiger partial charge >= 0.3 is 5.97 Å². The quantitative estimate of drug-likeness (QED) is 0.879. The number of thioether (sulfide) groups is 1. The van der Waals surface area contributed by atoms with Crippen molar-refractivity contribution in [2.75, 3.05) is 7.05 Å². The Morgan fingerprint density at radius 3 is 2.78 bits per heavy atom. The molecule has 0 spiro atoms. The highest BCUT2D eigenvalue weighted by Gasteiger charge is 2.41. The van der Waals surface area contributed by atoms with Gasteiger partial charge in [-0.2, -0.15) is 0 Å². The Labute approximate surface area is 112 Å². The van der Waals surface area contributed by atoms with E-state index in [0.29, 0.717) is 11.7 Å². The second kappa shape index (κ2) is 5.76. The van der Waals surface area contributed by atoms with Crippen molar-refractivity contribution < 1.29 is 9.90 Å². The minimum Gasteiger partial charge on any atom is -0.480 e. The number of carboxylic acid groups (broad SMARTS) is 1. The lowest BCUT2D eigenvalue weighted by atomic mass is 9.81. The molecule has 0 amide bonds. The molecule has 0 saturated heterocycles. The van der Waals surface area contributed by atoms with Crippen LogP contribution in [0, 0.1) is 0 Å².